The van der Waals surface area contributed by atoms with Crippen molar-refractivity contribution in [1.29, 1.82) is 5.41 Å². The first-order valence-electron chi connectivity index (χ1n) is 6.45. The number of rotatable bonds is 6. The number of carbonyl (C=O) groups is 1. The van der Waals surface area contributed by atoms with Crippen LogP contribution >= 0.6 is 0 Å². The van der Waals surface area contributed by atoms with E-state index in [1.54, 1.807) is 4.90 Å². The number of carbonyl (C=O) groups excluding carboxylic acids is 1. The molecule has 4 N–H and O–H groups in total. The summed E-state index contributed by atoms with van der Waals surface area (Å²) < 4.78 is 5.23. The lowest BCUT2D eigenvalue weighted by Crippen LogP contribution is -2.47. The van der Waals surface area contributed by atoms with Gasteiger partial charge in [-0.05, 0) is 12.3 Å². The number of amidine groups is 1. The van der Waals surface area contributed by atoms with Crippen LogP contribution in [-0.2, 0) is 4.74 Å². The van der Waals surface area contributed by atoms with Gasteiger partial charge in [-0.25, -0.2) is 4.79 Å². The van der Waals surface area contributed by atoms with Gasteiger partial charge in [0.2, 0.25) is 0 Å². The minimum atomic E-state index is -0.0829. The van der Waals surface area contributed by atoms with Gasteiger partial charge in [-0.15, -0.1) is 0 Å². The molecule has 1 fully saturated rings. The molecule has 1 heterocycles. The van der Waals surface area contributed by atoms with E-state index in [4.69, 9.17) is 15.9 Å². The number of nitrogens with zero attached hydrogens (tertiary/aromatic N) is 1. The third-order valence-corrected chi connectivity index (χ3v) is 2.78. The summed E-state index contributed by atoms with van der Waals surface area (Å²) in [7, 11) is 0. The summed E-state index contributed by atoms with van der Waals surface area (Å²) in [4.78, 5) is 13.8. The van der Waals surface area contributed by atoms with Crippen molar-refractivity contribution in [2.45, 2.75) is 32.7 Å². The standard InChI is InChI=1S/C12H24N4O2/c1-9(2)7-16(5-3-11(13)14)12(17)15-10-4-6-18-8-10/h9-10H,3-8H2,1-2H3,(H3,13,14)(H,15,17). The Morgan fingerprint density at radius 1 is 1.61 bits per heavy atom. The molecule has 1 aliphatic rings. The van der Waals surface area contributed by atoms with Gasteiger partial charge in [0.05, 0.1) is 18.5 Å². The normalized spacial score (nSPS) is 18.9. The van der Waals surface area contributed by atoms with E-state index in [9.17, 15) is 4.79 Å². The van der Waals surface area contributed by atoms with Gasteiger partial charge >= 0.3 is 6.03 Å². The molecule has 1 aliphatic heterocycles. The van der Waals surface area contributed by atoms with Crippen molar-refractivity contribution in [3.63, 3.8) is 0 Å². The van der Waals surface area contributed by atoms with E-state index < -0.39 is 0 Å². The number of hydrogen-bond acceptors (Lipinski definition) is 3. The summed E-state index contributed by atoms with van der Waals surface area (Å²) >= 11 is 0. The zero-order chi connectivity index (χ0) is 13.5. The molecule has 0 aromatic heterocycles. The molecular formula is C12H24N4O2. The summed E-state index contributed by atoms with van der Waals surface area (Å²) in [5.41, 5.74) is 5.34. The Morgan fingerprint density at radius 3 is 2.83 bits per heavy atom. The smallest absolute Gasteiger partial charge is 0.317 e. The number of nitrogens with one attached hydrogen (secondary N) is 2. The van der Waals surface area contributed by atoms with Crippen LogP contribution in [0.3, 0.4) is 0 Å². The van der Waals surface area contributed by atoms with E-state index >= 15 is 0 Å². The summed E-state index contributed by atoms with van der Waals surface area (Å²) in [6, 6.07) is 0.0324. The number of nitrogens with two attached hydrogens (primary N) is 1. The Kier molecular flexibility index (Phi) is 5.91. The zero-order valence-electron chi connectivity index (χ0n) is 11.2. The lowest BCUT2D eigenvalue weighted by atomic mass is 10.2. The van der Waals surface area contributed by atoms with E-state index in [1.807, 2.05) is 0 Å². The second kappa shape index (κ2) is 7.20. The molecule has 1 atom stereocenters. The highest BCUT2D eigenvalue weighted by Crippen LogP contribution is 2.06. The summed E-state index contributed by atoms with van der Waals surface area (Å²) in [5, 5.41) is 10.2. The van der Waals surface area contributed by atoms with E-state index in [2.05, 4.69) is 19.2 Å². The minimum Gasteiger partial charge on any atom is -0.388 e. The monoisotopic (exact) mass is 256 g/mol. The first-order valence-corrected chi connectivity index (χ1v) is 6.45. The summed E-state index contributed by atoms with van der Waals surface area (Å²) in [5.74, 6) is 0.503. The molecule has 1 rings (SSSR count). The van der Waals surface area contributed by atoms with Crippen molar-refractivity contribution in [3.05, 3.63) is 0 Å². The van der Waals surface area contributed by atoms with Crippen molar-refractivity contribution >= 4 is 11.9 Å². The Bertz CT molecular complexity index is 288. The van der Waals surface area contributed by atoms with Gasteiger partial charge in [-0.2, -0.15) is 0 Å². The van der Waals surface area contributed by atoms with Crippen LogP contribution in [0, 0.1) is 11.3 Å². The Balaban J connectivity index is 2.45. The molecule has 0 radical (unpaired) electrons. The highest BCUT2D eigenvalue weighted by molar-refractivity contribution is 5.79. The Morgan fingerprint density at radius 2 is 2.33 bits per heavy atom. The predicted molar refractivity (Wildman–Crippen MR) is 70.7 cm³/mol. The molecule has 18 heavy (non-hydrogen) atoms. The van der Waals surface area contributed by atoms with E-state index in [0.29, 0.717) is 38.6 Å². The van der Waals surface area contributed by atoms with Crippen molar-refractivity contribution < 1.29 is 9.53 Å². The van der Waals surface area contributed by atoms with Crippen LogP contribution in [-0.4, -0.2) is 49.1 Å². The van der Waals surface area contributed by atoms with Crippen LogP contribution in [0.15, 0.2) is 0 Å². The Labute approximate surface area is 108 Å². The van der Waals surface area contributed by atoms with Crippen molar-refractivity contribution in [2.75, 3.05) is 26.3 Å². The number of urea groups is 1. The van der Waals surface area contributed by atoms with Gasteiger partial charge in [0.25, 0.3) is 0 Å². The molecule has 2 amide bonds. The summed E-state index contributed by atoms with van der Waals surface area (Å²) in [6.45, 7) is 6.59. The lowest BCUT2D eigenvalue weighted by Gasteiger charge is -2.26. The SMILES string of the molecule is CC(C)CN(CCC(=N)N)C(=O)NC1CCOC1. The van der Waals surface area contributed by atoms with Crippen LogP contribution < -0.4 is 11.1 Å². The molecule has 0 aliphatic carbocycles. The maximum Gasteiger partial charge on any atom is 0.317 e. The van der Waals surface area contributed by atoms with Crippen LogP contribution in [0.2, 0.25) is 0 Å². The van der Waals surface area contributed by atoms with Gasteiger partial charge in [0, 0.05) is 26.1 Å². The lowest BCUT2D eigenvalue weighted by molar-refractivity contribution is 0.175. The topological polar surface area (TPSA) is 91.4 Å². The van der Waals surface area contributed by atoms with Gasteiger partial charge in [0.1, 0.15) is 0 Å². The number of amides is 2. The molecule has 1 unspecified atom stereocenters. The second-order valence-corrected chi connectivity index (χ2v) is 5.13. The highest BCUT2D eigenvalue weighted by Gasteiger charge is 2.21. The molecule has 6 heteroatoms. The highest BCUT2D eigenvalue weighted by atomic mass is 16.5. The molecule has 0 spiro atoms. The number of hydrogen-bond donors (Lipinski definition) is 3. The van der Waals surface area contributed by atoms with Gasteiger partial charge in [-0.1, -0.05) is 13.8 Å². The fourth-order valence-corrected chi connectivity index (χ4v) is 1.89. The maximum absolute atomic E-state index is 12.1. The predicted octanol–water partition coefficient (Wildman–Crippen LogP) is 0.769. The fourth-order valence-electron chi connectivity index (χ4n) is 1.89. The molecule has 0 saturated carbocycles. The molecule has 0 aromatic carbocycles. The molecule has 6 nitrogen and oxygen atoms in total. The molecule has 0 bridgehead atoms. The molecule has 104 valence electrons. The van der Waals surface area contributed by atoms with E-state index in [0.717, 1.165) is 6.42 Å². The van der Waals surface area contributed by atoms with Crippen LogP contribution in [0.1, 0.15) is 26.7 Å². The van der Waals surface area contributed by atoms with Crippen molar-refractivity contribution in [1.82, 2.24) is 10.2 Å². The third kappa shape index (κ3) is 5.35. The largest absolute Gasteiger partial charge is 0.388 e. The first kappa shape index (κ1) is 14.8. The van der Waals surface area contributed by atoms with Gasteiger partial charge in [0.15, 0.2) is 0 Å². The maximum atomic E-state index is 12.1. The van der Waals surface area contributed by atoms with E-state index in [1.165, 1.54) is 0 Å². The van der Waals surface area contributed by atoms with Gasteiger partial charge in [-0.3, -0.25) is 5.41 Å². The molecule has 1 saturated heterocycles. The second-order valence-electron chi connectivity index (χ2n) is 5.13. The van der Waals surface area contributed by atoms with Crippen LogP contribution in [0.25, 0.3) is 0 Å². The Hall–Kier alpha value is -1.30. The average molecular weight is 256 g/mol. The quantitative estimate of drug-likeness (QED) is 0.484. The first-order chi connectivity index (χ1) is 8.49. The van der Waals surface area contributed by atoms with E-state index in [-0.39, 0.29) is 17.9 Å². The third-order valence-electron chi connectivity index (χ3n) is 2.78. The minimum absolute atomic E-state index is 0.0829. The molecule has 0 aromatic rings. The fraction of sp³-hybridized carbons (Fsp3) is 0.833. The number of ether oxygens (including phenoxy) is 1. The van der Waals surface area contributed by atoms with Crippen LogP contribution in [0.5, 0.6) is 0 Å². The average Bonchev–Trinajstić information content (AvgIpc) is 2.76. The summed E-state index contributed by atoms with van der Waals surface area (Å²) in [6.07, 6.45) is 1.29. The van der Waals surface area contributed by atoms with Crippen molar-refractivity contribution in [3.8, 4) is 0 Å². The zero-order valence-corrected chi connectivity index (χ0v) is 11.2. The van der Waals surface area contributed by atoms with Gasteiger partial charge < -0.3 is 20.7 Å². The van der Waals surface area contributed by atoms with Crippen LogP contribution in [0.4, 0.5) is 4.79 Å². The molecular weight excluding hydrogens is 232 g/mol. The van der Waals surface area contributed by atoms with Crippen molar-refractivity contribution in [2.24, 2.45) is 11.7 Å².